The summed E-state index contributed by atoms with van der Waals surface area (Å²) in [4.78, 5) is 14.6. The van der Waals surface area contributed by atoms with Crippen molar-refractivity contribution in [2.24, 2.45) is 0 Å². The van der Waals surface area contributed by atoms with Crippen molar-refractivity contribution in [2.45, 2.75) is 32.2 Å². The van der Waals surface area contributed by atoms with Crippen LogP contribution in [0.5, 0.6) is 5.75 Å². The van der Waals surface area contributed by atoms with Crippen molar-refractivity contribution in [1.29, 1.82) is 0 Å². The van der Waals surface area contributed by atoms with E-state index in [1.165, 1.54) is 0 Å². The molecular formula is C22H26N6O2. The molecule has 3 aromatic rings. The van der Waals surface area contributed by atoms with Gasteiger partial charge in [-0.15, -0.1) is 10.2 Å². The number of rotatable bonds is 6. The van der Waals surface area contributed by atoms with Gasteiger partial charge >= 0.3 is 0 Å². The molecular weight excluding hydrogens is 380 g/mol. The quantitative estimate of drug-likeness (QED) is 0.677. The first kappa shape index (κ1) is 19.9. The summed E-state index contributed by atoms with van der Waals surface area (Å²) in [6.07, 6.45) is 3.98. The molecule has 0 atom stereocenters. The van der Waals surface area contributed by atoms with Crippen molar-refractivity contribution in [3.05, 3.63) is 59.9 Å². The van der Waals surface area contributed by atoms with E-state index in [2.05, 4.69) is 20.6 Å². The van der Waals surface area contributed by atoms with E-state index in [1.807, 2.05) is 60.5 Å². The summed E-state index contributed by atoms with van der Waals surface area (Å²) < 4.78 is 7.06. The number of benzene rings is 1. The molecule has 2 aromatic heterocycles. The Hall–Kier alpha value is -3.42. The van der Waals surface area contributed by atoms with Gasteiger partial charge in [0.15, 0.2) is 5.82 Å². The maximum Gasteiger partial charge on any atom is 0.227 e. The van der Waals surface area contributed by atoms with Crippen LogP contribution in [-0.2, 0) is 11.2 Å². The molecule has 0 spiro atoms. The Morgan fingerprint density at radius 1 is 1.13 bits per heavy atom. The number of hydrogen-bond donors (Lipinski definition) is 1. The highest BCUT2D eigenvalue weighted by molar-refractivity contribution is 5.79. The molecule has 1 fully saturated rings. The van der Waals surface area contributed by atoms with Gasteiger partial charge in [-0.1, -0.05) is 18.2 Å². The maximum absolute atomic E-state index is 12.7. The Morgan fingerprint density at radius 3 is 2.60 bits per heavy atom. The Morgan fingerprint density at radius 2 is 1.93 bits per heavy atom. The van der Waals surface area contributed by atoms with Gasteiger partial charge in [0.1, 0.15) is 11.6 Å². The number of ether oxygens (including phenoxy) is 1. The molecule has 1 aromatic carbocycles. The smallest absolute Gasteiger partial charge is 0.227 e. The molecule has 30 heavy (non-hydrogen) atoms. The fraction of sp³-hybridized carbons (Fsp3) is 0.364. The third kappa shape index (κ3) is 4.59. The number of carbonyl (C=O) groups excluding carboxylic acids is 1. The average Bonchev–Trinajstić information content (AvgIpc) is 3.21. The number of nitrogens with zero attached hydrogens (tertiary/aromatic N) is 5. The number of aromatic nitrogens is 4. The number of hydrogen-bond acceptors (Lipinski definition) is 6. The van der Waals surface area contributed by atoms with Gasteiger partial charge in [-0.2, -0.15) is 5.10 Å². The molecule has 1 N–H and O–H groups in total. The zero-order valence-electron chi connectivity index (χ0n) is 17.3. The Kier molecular flexibility index (Phi) is 5.92. The average molecular weight is 406 g/mol. The molecule has 8 nitrogen and oxygen atoms in total. The molecule has 0 saturated carbocycles. The number of anilines is 1. The molecule has 0 bridgehead atoms. The van der Waals surface area contributed by atoms with Gasteiger partial charge < -0.3 is 15.0 Å². The number of carbonyl (C=O) groups is 1. The topological polar surface area (TPSA) is 85.2 Å². The van der Waals surface area contributed by atoms with E-state index in [9.17, 15) is 4.79 Å². The highest BCUT2D eigenvalue weighted by atomic mass is 16.5. The van der Waals surface area contributed by atoms with E-state index >= 15 is 0 Å². The first-order valence-electron chi connectivity index (χ1n) is 10.1. The van der Waals surface area contributed by atoms with Crippen LogP contribution in [0.2, 0.25) is 0 Å². The van der Waals surface area contributed by atoms with E-state index in [0.29, 0.717) is 12.2 Å². The number of piperidine rings is 1. The van der Waals surface area contributed by atoms with E-state index in [-0.39, 0.29) is 11.9 Å². The number of methoxy groups -OCH3 is 1. The van der Waals surface area contributed by atoms with Crippen LogP contribution in [0.3, 0.4) is 0 Å². The van der Waals surface area contributed by atoms with Crippen LogP contribution in [0.15, 0.2) is 48.7 Å². The minimum absolute atomic E-state index is 0.136. The number of likely N-dealkylation sites (tertiary alicyclic amines) is 1. The van der Waals surface area contributed by atoms with Gasteiger partial charge in [-0.05, 0) is 44.0 Å². The molecule has 3 heterocycles. The lowest BCUT2D eigenvalue weighted by Gasteiger charge is -2.32. The van der Waals surface area contributed by atoms with Gasteiger partial charge in [0.05, 0.1) is 19.2 Å². The number of aryl methyl sites for hydroxylation is 1. The Balaban J connectivity index is 1.28. The van der Waals surface area contributed by atoms with Crippen molar-refractivity contribution < 1.29 is 9.53 Å². The Labute approximate surface area is 175 Å². The summed E-state index contributed by atoms with van der Waals surface area (Å²) in [7, 11) is 1.63. The van der Waals surface area contributed by atoms with Crippen LogP contribution in [0.25, 0.3) is 5.82 Å². The van der Waals surface area contributed by atoms with Crippen molar-refractivity contribution >= 4 is 11.7 Å². The van der Waals surface area contributed by atoms with Crippen LogP contribution >= 0.6 is 0 Å². The lowest BCUT2D eigenvalue weighted by atomic mass is 10.0. The molecule has 0 aliphatic carbocycles. The minimum atomic E-state index is 0.136. The fourth-order valence-corrected chi connectivity index (χ4v) is 3.67. The molecule has 8 heteroatoms. The SMILES string of the molecule is COc1ccccc1CC(=O)N1CCC(Nc2ccc(-n3ccc(C)n3)nn2)CC1. The summed E-state index contributed by atoms with van der Waals surface area (Å²) in [5, 5.41) is 16.3. The van der Waals surface area contributed by atoms with Crippen LogP contribution in [0.1, 0.15) is 24.1 Å². The number of amides is 1. The van der Waals surface area contributed by atoms with Gasteiger partial charge in [-0.25, -0.2) is 4.68 Å². The number of para-hydroxylation sites is 1. The normalized spacial score (nSPS) is 14.5. The van der Waals surface area contributed by atoms with Crippen LogP contribution in [-0.4, -0.2) is 57.0 Å². The largest absolute Gasteiger partial charge is 0.496 e. The predicted octanol–water partition coefficient (Wildman–Crippen LogP) is 2.62. The lowest BCUT2D eigenvalue weighted by molar-refractivity contribution is -0.131. The monoisotopic (exact) mass is 406 g/mol. The van der Waals surface area contributed by atoms with Crippen LogP contribution < -0.4 is 10.1 Å². The highest BCUT2D eigenvalue weighted by Crippen LogP contribution is 2.21. The second-order valence-electron chi connectivity index (χ2n) is 7.47. The van der Waals surface area contributed by atoms with Crippen molar-refractivity contribution in [3.8, 4) is 11.6 Å². The fourth-order valence-electron chi connectivity index (χ4n) is 3.67. The van der Waals surface area contributed by atoms with Crippen molar-refractivity contribution in [3.63, 3.8) is 0 Å². The number of nitrogens with one attached hydrogen (secondary N) is 1. The lowest BCUT2D eigenvalue weighted by Crippen LogP contribution is -2.43. The van der Waals surface area contributed by atoms with E-state index in [4.69, 9.17) is 4.74 Å². The second-order valence-corrected chi connectivity index (χ2v) is 7.47. The molecule has 0 unspecified atom stereocenters. The third-order valence-corrected chi connectivity index (χ3v) is 5.34. The first-order chi connectivity index (χ1) is 14.6. The maximum atomic E-state index is 12.7. The summed E-state index contributed by atoms with van der Waals surface area (Å²) in [5.74, 6) is 2.32. The zero-order valence-corrected chi connectivity index (χ0v) is 17.3. The van der Waals surface area contributed by atoms with Crippen molar-refractivity contribution in [1.82, 2.24) is 24.9 Å². The third-order valence-electron chi connectivity index (χ3n) is 5.34. The molecule has 156 valence electrons. The van der Waals surface area contributed by atoms with Crippen LogP contribution in [0.4, 0.5) is 5.82 Å². The molecule has 1 aliphatic heterocycles. The molecule has 0 radical (unpaired) electrons. The molecule has 1 aliphatic rings. The highest BCUT2D eigenvalue weighted by Gasteiger charge is 2.23. The van der Waals surface area contributed by atoms with Gasteiger partial charge in [0.25, 0.3) is 0 Å². The van der Waals surface area contributed by atoms with E-state index in [1.54, 1.807) is 11.8 Å². The van der Waals surface area contributed by atoms with Gasteiger partial charge in [-0.3, -0.25) is 4.79 Å². The van der Waals surface area contributed by atoms with Gasteiger partial charge in [0, 0.05) is 30.9 Å². The molecule has 1 saturated heterocycles. The second kappa shape index (κ2) is 8.94. The standard InChI is InChI=1S/C22H26N6O2/c1-16-9-14-28(26-16)21-8-7-20(24-25-21)23-18-10-12-27(13-11-18)22(29)15-17-5-3-4-6-19(17)30-2/h3-9,14,18H,10-13,15H2,1-2H3,(H,23,24). The van der Waals surface area contributed by atoms with Crippen molar-refractivity contribution in [2.75, 3.05) is 25.5 Å². The van der Waals surface area contributed by atoms with E-state index < -0.39 is 0 Å². The molecule has 1 amide bonds. The summed E-state index contributed by atoms with van der Waals surface area (Å²) in [5.41, 5.74) is 1.86. The van der Waals surface area contributed by atoms with Gasteiger partial charge in [0.2, 0.25) is 5.91 Å². The predicted molar refractivity (Wildman–Crippen MR) is 114 cm³/mol. The van der Waals surface area contributed by atoms with E-state index in [0.717, 1.165) is 48.8 Å². The first-order valence-corrected chi connectivity index (χ1v) is 10.1. The molecule has 4 rings (SSSR count). The summed E-state index contributed by atoms with van der Waals surface area (Å²) in [6.45, 7) is 3.39. The van der Waals surface area contributed by atoms with Crippen LogP contribution in [0, 0.1) is 6.92 Å². The summed E-state index contributed by atoms with van der Waals surface area (Å²) in [6, 6.07) is 13.7. The zero-order chi connectivity index (χ0) is 20.9. The summed E-state index contributed by atoms with van der Waals surface area (Å²) >= 11 is 0. The minimum Gasteiger partial charge on any atom is -0.496 e. The Bertz CT molecular complexity index is 993.